The second kappa shape index (κ2) is 6.18. The third-order valence-electron chi connectivity index (χ3n) is 6.44. The zero-order chi connectivity index (χ0) is 16.6. The molecule has 2 unspecified atom stereocenters. The summed E-state index contributed by atoms with van der Waals surface area (Å²) >= 11 is 0. The summed E-state index contributed by atoms with van der Waals surface area (Å²) in [6.07, 6.45) is 5.88. The van der Waals surface area contributed by atoms with Crippen LogP contribution in [0, 0.1) is 23.2 Å². The van der Waals surface area contributed by atoms with Gasteiger partial charge in [-0.15, -0.1) is 5.75 Å². The fourth-order valence-electron chi connectivity index (χ4n) is 5.10. The molecule has 3 heteroatoms. The molecule has 1 aromatic carbocycles. The SMILES string of the molecule is COc1cccc([O-])c1C[C@]1(C)CCCC2C1CCC(=O)[C@@H]2C. The van der Waals surface area contributed by atoms with E-state index in [9.17, 15) is 9.90 Å². The molecule has 1 aromatic rings. The summed E-state index contributed by atoms with van der Waals surface area (Å²) in [5.74, 6) is 2.41. The summed E-state index contributed by atoms with van der Waals surface area (Å²) < 4.78 is 5.43. The summed E-state index contributed by atoms with van der Waals surface area (Å²) in [6, 6.07) is 5.28. The molecule has 2 aliphatic rings. The van der Waals surface area contributed by atoms with Crippen LogP contribution in [0.5, 0.6) is 11.5 Å². The highest BCUT2D eigenvalue weighted by molar-refractivity contribution is 5.81. The van der Waals surface area contributed by atoms with Gasteiger partial charge in [0.2, 0.25) is 0 Å². The van der Waals surface area contributed by atoms with Crippen molar-refractivity contribution in [3.63, 3.8) is 0 Å². The van der Waals surface area contributed by atoms with Crippen molar-refractivity contribution in [3.05, 3.63) is 23.8 Å². The van der Waals surface area contributed by atoms with Gasteiger partial charge < -0.3 is 9.84 Å². The van der Waals surface area contributed by atoms with Gasteiger partial charge in [0.15, 0.2) is 0 Å². The number of hydrogen-bond donors (Lipinski definition) is 0. The molecule has 0 aromatic heterocycles. The maximum atomic E-state index is 12.4. The number of ether oxygens (including phenoxy) is 1. The molecule has 0 amide bonds. The van der Waals surface area contributed by atoms with E-state index in [2.05, 4.69) is 13.8 Å². The summed E-state index contributed by atoms with van der Waals surface area (Å²) in [5, 5.41) is 12.4. The predicted octanol–water partition coefficient (Wildman–Crippen LogP) is 3.73. The number of hydrogen-bond acceptors (Lipinski definition) is 3. The van der Waals surface area contributed by atoms with Crippen molar-refractivity contribution < 1.29 is 14.6 Å². The van der Waals surface area contributed by atoms with Crippen LogP contribution in [0.4, 0.5) is 0 Å². The van der Waals surface area contributed by atoms with Crippen LogP contribution in [0.25, 0.3) is 0 Å². The molecule has 0 saturated heterocycles. The van der Waals surface area contributed by atoms with E-state index < -0.39 is 0 Å². The molecule has 0 N–H and O–H groups in total. The van der Waals surface area contributed by atoms with Crippen LogP contribution < -0.4 is 9.84 Å². The van der Waals surface area contributed by atoms with Crippen molar-refractivity contribution in [1.29, 1.82) is 0 Å². The molecule has 23 heavy (non-hydrogen) atoms. The largest absolute Gasteiger partial charge is 0.872 e. The average molecular weight is 315 g/mol. The minimum Gasteiger partial charge on any atom is -0.872 e. The Morgan fingerprint density at radius 1 is 1.35 bits per heavy atom. The number of rotatable bonds is 3. The second-order valence-corrected chi connectivity index (χ2v) is 7.72. The maximum Gasteiger partial charge on any atom is 0.135 e. The monoisotopic (exact) mass is 315 g/mol. The van der Waals surface area contributed by atoms with Crippen LogP contribution in [0.1, 0.15) is 51.5 Å². The zero-order valence-corrected chi connectivity index (χ0v) is 14.4. The highest BCUT2D eigenvalue weighted by Gasteiger charge is 2.47. The minimum atomic E-state index is 0.0765. The van der Waals surface area contributed by atoms with E-state index in [1.165, 1.54) is 0 Å². The molecule has 2 saturated carbocycles. The van der Waals surface area contributed by atoms with E-state index in [1.807, 2.05) is 6.07 Å². The fraction of sp³-hybridized carbons (Fsp3) is 0.650. The average Bonchev–Trinajstić information content (AvgIpc) is 2.53. The van der Waals surface area contributed by atoms with Crippen LogP contribution in [0.3, 0.4) is 0 Å². The van der Waals surface area contributed by atoms with Crippen molar-refractivity contribution >= 4 is 5.78 Å². The molecule has 2 fully saturated rings. The Bertz CT molecular complexity index is 595. The lowest BCUT2D eigenvalue weighted by atomic mass is 9.54. The molecule has 4 atom stereocenters. The Kier molecular flexibility index (Phi) is 4.39. The highest BCUT2D eigenvalue weighted by Crippen LogP contribution is 2.54. The third kappa shape index (κ3) is 2.86. The Balaban J connectivity index is 1.91. The lowest BCUT2D eigenvalue weighted by Crippen LogP contribution is -2.46. The van der Waals surface area contributed by atoms with Gasteiger partial charge >= 0.3 is 0 Å². The molecule has 126 valence electrons. The Labute approximate surface area is 139 Å². The molecule has 3 nitrogen and oxygen atoms in total. The normalized spacial score (nSPS) is 34.0. The first kappa shape index (κ1) is 16.4. The van der Waals surface area contributed by atoms with Crippen molar-refractivity contribution in [2.75, 3.05) is 7.11 Å². The van der Waals surface area contributed by atoms with Gasteiger partial charge in [-0.05, 0) is 54.6 Å². The van der Waals surface area contributed by atoms with Crippen LogP contribution in [0.15, 0.2) is 18.2 Å². The molecule has 0 heterocycles. The van der Waals surface area contributed by atoms with Crippen molar-refractivity contribution in [3.8, 4) is 11.5 Å². The molecule has 0 spiro atoms. The first-order chi connectivity index (χ1) is 11.0. The van der Waals surface area contributed by atoms with Gasteiger partial charge in [-0.2, -0.15) is 0 Å². The van der Waals surface area contributed by atoms with E-state index in [4.69, 9.17) is 4.74 Å². The van der Waals surface area contributed by atoms with E-state index in [-0.39, 0.29) is 17.1 Å². The van der Waals surface area contributed by atoms with Crippen LogP contribution in [-0.4, -0.2) is 12.9 Å². The molecular weight excluding hydrogens is 288 g/mol. The molecular formula is C20H27O3-. The van der Waals surface area contributed by atoms with Crippen LogP contribution >= 0.6 is 0 Å². The van der Waals surface area contributed by atoms with Crippen LogP contribution in [-0.2, 0) is 11.2 Å². The first-order valence-corrected chi connectivity index (χ1v) is 8.82. The maximum absolute atomic E-state index is 12.4. The Morgan fingerprint density at radius 2 is 2.13 bits per heavy atom. The van der Waals surface area contributed by atoms with Crippen molar-refractivity contribution in [2.24, 2.45) is 23.2 Å². The summed E-state index contributed by atoms with van der Waals surface area (Å²) in [4.78, 5) is 12.1. The lowest BCUT2D eigenvalue weighted by Gasteiger charge is -2.51. The molecule has 0 bridgehead atoms. The van der Waals surface area contributed by atoms with Gasteiger partial charge in [-0.3, -0.25) is 4.79 Å². The Hall–Kier alpha value is -1.51. The molecule has 0 radical (unpaired) electrons. The number of carbonyl (C=O) groups is 1. The number of methoxy groups -OCH3 is 1. The molecule has 2 aliphatic carbocycles. The van der Waals surface area contributed by atoms with Gasteiger partial charge in [-0.1, -0.05) is 32.4 Å². The summed E-state index contributed by atoms with van der Waals surface area (Å²) in [7, 11) is 1.63. The van der Waals surface area contributed by atoms with Crippen molar-refractivity contribution in [2.45, 2.75) is 52.4 Å². The van der Waals surface area contributed by atoms with Crippen molar-refractivity contribution in [1.82, 2.24) is 0 Å². The van der Waals surface area contributed by atoms with Gasteiger partial charge in [-0.25, -0.2) is 0 Å². The van der Waals surface area contributed by atoms with Gasteiger partial charge in [0, 0.05) is 12.3 Å². The molecule has 3 rings (SSSR count). The quantitative estimate of drug-likeness (QED) is 0.854. The van der Waals surface area contributed by atoms with E-state index >= 15 is 0 Å². The van der Waals surface area contributed by atoms with E-state index in [1.54, 1.807) is 19.2 Å². The van der Waals surface area contributed by atoms with Gasteiger partial charge in [0.05, 0.1) is 7.11 Å². The lowest BCUT2D eigenvalue weighted by molar-refractivity contribution is -0.269. The zero-order valence-electron chi connectivity index (χ0n) is 14.4. The fourth-order valence-corrected chi connectivity index (χ4v) is 5.10. The second-order valence-electron chi connectivity index (χ2n) is 7.72. The minimum absolute atomic E-state index is 0.0765. The topological polar surface area (TPSA) is 49.4 Å². The number of carbonyl (C=O) groups excluding carboxylic acids is 1. The van der Waals surface area contributed by atoms with Gasteiger partial charge in [0.1, 0.15) is 11.5 Å². The Morgan fingerprint density at radius 3 is 2.87 bits per heavy atom. The third-order valence-corrected chi connectivity index (χ3v) is 6.44. The predicted molar refractivity (Wildman–Crippen MR) is 88.5 cm³/mol. The first-order valence-electron chi connectivity index (χ1n) is 8.82. The number of Topliss-reactive ketones (excluding diaryl/α,β-unsaturated/α-hetero) is 1. The highest BCUT2D eigenvalue weighted by atomic mass is 16.5. The summed E-state index contributed by atoms with van der Waals surface area (Å²) in [5.41, 5.74) is 0.897. The number of benzene rings is 1. The molecule has 0 aliphatic heterocycles. The van der Waals surface area contributed by atoms with Gasteiger partial charge in [0.25, 0.3) is 0 Å². The number of ketones is 1. The van der Waals surface area contributed by atoms with E-state index in [0.717, 1.165) is 37.7 Å². The number of fused-ring (bicyclic) bond motifs is 1. The standard InChI is InChI=1S/C20H28O3/c1-13-14-6-5-11-20(2,16(14)9-10-17(13)21)12-15-18(22)7-4-8-19(15)23-3/h4,7-8,13-14,16,22H,5-6,9-12H2,1-3H3/p-1/t13-,14?,16?,20+/m1/s1. The van der Waals surface area contributed by atoms with E-state index in [0.29, 0.717) is 29.8 Å². The summed E-state index contributed by atoms with van der Waals surface area (Å²) in [6.45, 7) is 4.42. The smallest absolute Gasteiger partial charge is 0.135 e. The van der Waals surface area contributed by atoms with Crippen LogP contribution in [0.2, 0.25) is 0 Å².